The van der Waals surface area contributed by atoms with Crippen LogP contribution < -0.4 is 5.32 Å². The van der Waals surface area contributed by atoms with Gasteiger partial charge in [0.15, 0.2) is 5.13 Å². The number of nitrogens with zero attached hydrogens (tertiary/aromatic N) is 2. The molecule has 0 unspecified atom stereocenters. The monoisotopic (exact) mass is 319 g/mol. The lowest BCUT2D eigenvalue weighted by Crippen LogP contribution is -1.89. The SMILES string of the molecule is Cc1csc(SCc2csc(Nc3ccccc3)n2)n1. The standard InChI is InChI=1S/C14H13N3S3/c1-10-7-19-14(15-10)20-9-12-8-18-13(17-12)16-11-5-3-2-4-6-11/h2-8H,9H2,1H3,(H,16,17). The van der Waals surface area contributed by atoms with Crippen LogP contribution in [0.3, 0.4) is 0 Å². The molecular formula is C14H13N3S3. The molecule has 0 bridgehead atoms. The van der Waals surface area contributed by atoms with Gasteiger partial charge in [0.2, 0.25) is 0 Å². The zero-order chi connectivity index (χ0) is 13.8. The van der Waals surface area contributed by atoms with Crippen molar-refractivity contribution < 1.29 is 0 Å². The number of hydrogen-bond acceptors (Lipinski definition) is 6. The van der Waals surface area contributed by atoms with Crippen molar-refractivity contribution in [3.05, 3.63) is 52.5 Å². The van der Waals surface area contributed by atoms with E-state index in [9.17, 15) is 0 Å². The van der Waals surface area contributed by atoms with E-state index in [4.69, 9.17) is 0 Å². The molecule has 0 aliphatic heterocycles. The van der Waals surface area contributed by atoms with E-state index >= 15 is 0 Å². The molecule has 20 heavy (non-hydrogen) atoms. The van der Waals surface area contributed by atoms with Gasteiger partial charge in [-0.2, -0.15) is 0 Å². The average molecular weight is 319 g/mol. The van der Waals surface area contributed by atoms with E-state index in [-0.39, 0.29) is 0 Å². The number of anilines is 2. The molecule has 2 heterocycles. The van der Waals surface area contributed by atoms with Crippen LogP contribution in [-0.2, 0) is 5.75 Å². The Labute approximate surface area is 130 Å². The zero-order valence-corrected chi connectivity index (χ0v) is 13.3. The first-order valence-corrected chi connectivity index (χ1v) is 8.85. The van der Waals surface area contributed by atoms with E-state index in [1.807, 2.05) is 37.3 Å². The van der Waals surface area contributed by atoms with Crippen molar-refractivity contribution in [3.8, 4) is 0 Å². The average Bonchev–Trinajstić information content (AvgIpc) is 3.07. The van der Waals surface area contributed by atoms with Crippen LogP contribution in [0.5, 0.6) is 0 Å². The third-order valence-electron chi connectivity index (χ3n) is 2.52. The molecule has 6 heteroatoms. The van der Waals surface area contributed by atoms with Crippen molar-refractivity contribution in [2.24, 2.45) is 0 Å². The molecule has 0 saturated heterocycles. The first kappa shape index (κ1) is 13.6. The number of benzene rings is 1. The van der Waals surface area contributed by atoms with Gasteiger partial charge < -0.3 is 5.32 Å². The Morgan fingerprint density at radius 3 is 2.70 bits per heavy atom. The molecule has 0 aliphatic carbocycles. The fraction of sp³-hybridized carbons (Fsp3) is 0.143. The van der Waals surface area contributed by atoms with Crippen LogP contribution in [0.25, 0.3) is 0 Å². The molecule has 3 nitrogen and oxygen atoms in total. The Morgan fingerprint density at radius 2 is 1.95 bits per heavy atom. The number of hydrogen-bond donors (Lipinski definition) is 1. The molecule has 0 saturated carbocycles. The topological polar surface area (TPSA) is 37.8 Å². The van der Waals surface area contributed by atoms with Gasteiger partial charge in [-0.05, 0) is 19.1 Å². The Balaban J connectivity index is 1.59. The highest BCUT2D eigenvalue weighted by Crippen LogP contribution is 2.28. The highest BCUT2D eigenvalue weighted by molar-refractivity contribution is 8.00. The maximum Gasteiger partial charge on any atom is 0.187 e. The van der Waals surface area contributed by atoms with Crippen molar-refractivity contribution in [1.82, 2.24) is 9.97 Å². The van der Waals surface area contributed by atoms with Gasteiger partial charge in [0.05, 0.1) is 5.69 Å². The molecule has 0 spiro atoms. The Bertz CT molecular complexity index is 676. The zero-order valence-electron chi connectivity index (χ0n) is 10.9. The summed E-state index contributed by atoms with van der Waals surface area (Å²) in [7, 11) is 0. The molecule has 1 aromatic carbocycles. The molecule has 2 aromatic heterocycles. The lowest BCUT2D eigenvalue weighted by molar-refractivity contribution is 1.15. The number of rotatable bonds is 5. The first-order valence-electron chi connectivity index (χ1n) is 6.11. The quantitative estimate of drug-likeness (QED) is 0.676. The smallest absolute Gasteiger partial charge is 0.187 e. The summed E-state index contributed by atoms with van der Waals surface area (Å²) < 4.78 is 1.10. The van der Waals surface area contributed by atoms with Crippen molar-refractivity contribution in [2.75, 3.05) is 5.32 Å². The summed E-state index contributed by atoms with van der Waals surface area (Å²) in [5.74, 6) is 0.861. The second-order valence-corrected chi connectivity index (χ2v) is 7.12. The number of aryl methyl sites for hydroxylation is 1. The Kier molecular flexibility index (Phi) is 4.34. The Hall–Kier alpha value is -1.37. The van der Waals surface area contributed by atoms with Crippen LogP contribution in [0.1, 0.15) is 11.4 Å². The van der Waals surface area contributed by atoms with E-state index in [1.165, 1.54) is 0 Å². The summed E-state index contributed by atoms with van der Waals surface area (Å²) in [6.07, 6.45) is 0. The van der Waals surface area contributed by atoms with Crippen molar-refractivity contribution in [2.45, 2.75) is 17.0 Å². The normalized spacial score (nSPS) is 10.7. The molecule has 0 fully saturated rings. The summed E-state index contributed by atoms with van der Waals surface area (Å²) in [5.41, 5.74) is 3.24. The highest BCUT2D eigenvalue weighted by Gasteiger charge is 2.05. The Morgan fingerprint density at radius 1 is 1.10 bits per heavy atom. The molecule has 3 rings (SSSR count). The predicted molar refractivity (Wildman–Crippen MR) is 88.3 cm³/mol. The number of para-hydroxylation sites is 1. The van der Waals surface area contributed by atoms with Gasteiger partial charge in [0.1, 0.15) is 4.34 Å². The number of thiazole rings is 2. The van der Waals surface area contributed by atoms with Crippen LogP contribution in [0, 0.1) is 6.92 Å². The minimum absolute atomic E-state index is 0.861. The molecule has 102 valence electrons. The van der Waals surface area contributed by atoms with Crippen LogP contribution in [0.2, 0.25) is 0 Å². The minimum atomic E-state index is 0.861. The second kappa shape index (κ2) is 6.39. The van der Waals surface area contributed by atoms with Crippen molar-refractivity contribution in [3.63, 3.8) is 0 Å². The van der Waals surface area contributed by atoms with E-state index in [0.717, 1.165) is 32.3 Å². The largest absolute Gasteiger partial charge is 0.332 e. The van der Waals surface area contributed by atoms with Crippen LogP contribution in [0.4, 0.5) is 10.8 Å². The van der Waals surface area contributed by atoms with Gasteiger partial charge in [-0.25, -0.2) is 9.97 Å². The molecule has 0 aliphatic rings. The molecule has 3 aromatic rings. The minimum Gasteiger partial charge on any atom is -0.332 e. The summed E-state index contributed by atoms with van der Waals surface area (Å²) in [6.45, 7) is 2.02. The summed E-state index contributed by atoms with van der Waals surface area (Å²) >= 11 is 5.06. The molecule has 0 atom stereocenters. The van der Waals surface area contributed by atoms with Gasteiger partial charge in [0, 0.05) is 27.9 Å². The van der Waals surface area contributed by atoms with Crippen molar-refractivity contribution in [1.29, 1.82) is 0 Å². The van der Waals surface area contributed by atoms with E-state index in [2.05, 4.69) is 26.0 Å². The van der Waals surface area contributed by atoms with Gasteiger partial charge >= 0.3 is 0 Å². The van der Waals surface area contributed by atoms with E-state index in [0.29, 0.717) is 0 Å². The summed E-state index contributed by atoms with van der Waals surface area (Å²) in [5, 5.41) is 8.42. The molecule has 1 N–H and O–H groups in total. The number of aromatic nitrogens is 2. The van der Waals surface area contributed by atoms with Gasteiger partial charge in [0.25, 0.3) is 0 Å². The molecular weight excluding hydrogens is 306 g/mol. The molecule has 0 amide bonds. The highest BCUT2D eigenvalue weighted by atomic mass is 32.2. The third-order valence-corrected chi connectivity index (χ3v) is 5.50. The van der Waals surface area contributed by atoms with Crippen LogP contribution in [0.15, 0.2) is 45.4 Å². The fourth-order valence-electron chi connectivity index (χ4n) is 1.61. The maximum atomic E-state index is 4.59. The fourth-order valence-corrected chi connectivity index (χ4v) is 4.19. The lowest BCUT2D eigenvalue weighted by atomic mass is 10.3. The number of thioether (sulfide) groups is 1. The van der Waals surface area contributed by atoms with Crippen molar-refractivity contribution >= 4 is 45.3 Å². The van der Waals surface area contributed by atoms with Crippen LogP contribution in [-0.4, -0.2) is 9.97 Å². The number of nitrogens with one attached hydrogen (secondary N) is 1. The van der Waals surface area contributed by atoms with E-state index < -0.39 is 0 Å². The summed E-state index contributed by atoms with van der Waals surface area (Å²) in [6, 6.07) is 10.1. The predicted octanol–water partition coefficient (Wildman–Crippen LogP) is 4.94. The van der Waals surface area contributed by atoms with Gasteiger partial charge in [-0.15, -0.1) is 22.7 Å². The third kappa shape index (κ3) is 3.59. The lowest BCUT2D eigenvalue weighted by Gasteiger charge is -2.00. The van der Waals surface area contributed by atoms with Gasteiger partial charge in [-0.1, -0.05) is 30.0 Å². The first-order chi connectivity index (χ1) is 9.79. The maximum absolute atomic E-state index is 4.59. The van der Waals surface area contributed by atoms with Crippen LogP contribution >= 0.6 is 34.4 Å². The summed E-state index contributed by atoms with van der Waals surface area (Å²) in [4.78, 5) is 9.03. The van der Waals surface area contributed by atoms with Gasteiger partial charge in [-0.3, -0.25) is 0 Å². The molecule has 0 radical (unpaired) electrons. The van der Waals surface area contributed by atoms with E-state index in [1.54, 1.807) is 34.4 Å². The second-order valence-electron chi connectivity index (χ2n) is 4.18.